The Kier molecular flexibility index (Phi) is 6.69. The van der Waals surface area contributed by atoms with E-state index in [1.165, 1.54) is 17.2 Å². The summed E-state index contributed by atoms with van der Waals surface area (Å²) in [5.41, 5.74) is 0.880. The van der Waals surface area contributed by atoms with E-state index in [1.54, 1.807) is 36.1 Å². The van der Waals surface area contributed by atoms with Crippen LogP contribution in [0.4, 0.5) is 4.39 Å². The molecule has 1 aromatic heterocycles. The van der Waals surface area contributed by atoms with Crippen molar-refractivity contribution >= 4 is 11.8 Å². The van der Waals surface area contributed by atoms with E-state index >= 15 is 0 Å². The molecule has 0 N–H and O–H groups in total. The smallest absolute Gasteiger partial charge is 0.257 e. The van der Waals surface area contributed by atoms with Crippen molar-refractivity contribution in [2.24, 2.45) is 5.92 Å². The van der Waals surface area contributed by atoms with E-state index in [-0.39, 0.29) is 43.2 Å². The number of carbonyl (C=O) groups excluding carboxylic acids is 2. The number of aryl methyl sites for hydroxylation is 1. The monoisotopic (exact) mass is 402 g/mol. The molecule has 6 nitrogen and oxygen atoms in total. The summed E-state index contributed by atoms with van der Waals surface area (Å²) in [4.78, 5) is 29.0. The summed E-state index contributed by atoms with van der Waals surface area (Å²) in [6.45, 7) is 7.02. The number of hydrogen-bond donors (Lipinski definition) is 0. The van der Waals surface area contributed by atoms with Crippen molar-refractivity contribution in [3.05, 3.63) is 59.3 Å². The van der Waals surface area contributed by atoms with E-state index in [4.69, 9.17) is 9.15 Å². The molecule has 2 heterocycles. The van der Waals surface area contributed by atoms with Gasteiger partial charge in [0.1, 0.15) is 18.1 Å². The second-order valence-corrected chi connectivity index (χ2v) is 7.79. The van der Waals surface area contributed by atoms with Crippen LogP contribution in [0.3, 0.4) is 0 Å². The van der Waals surface area contributed by atoms with E-state index in [2.05, 4.69) is 0 Å². The second kappa shape index (κ2) is 9.22. The lowest BCUT2D eigenvalue weighted by atomic mass is 10.2. The van der Waals surface area contributed by atoms with Crippen LogP contribution in [0, 0.1) is 18.7 Å². The quantitative estimate of drug-likeness (QED) is 0.744. The first-order chi connectivity index (χ1) is 13.8. The molecule has 1 fully saturated rings. The fraction of sp³-hybridized carbons (Fsp3) is 0.455. The van der Waals surface area contributed by atoms with Gasteiger partial charge >= 0.3 is 0 Å². The Hall–Kier alpha value is -2.67. The van der Waals surface area contributed by atoms with Gasteiger partial charge < -0.3 is 19.0 Å². The molecule has 29 heavy (non-hydrogen) atoms. The van der Waals surface area contributed by atoms with Gasteiger partial charge in [-0.15, -0.1) is 0 Å². The first-order valence-corrected chi connectivity index (χ1v) is 9.81. The van der Waals surface area contributed by atoms with Gasteiger partial charge in [0.15, 0.2) is 0 Å². The van der Waals surface area contributed by atoms with Crippen LogP contribution >= 0.6 is 0 Å². The number of rotatable bonds is 6. The summed E-state index contributed by atoms with van der Waals surface area (Å²) in [6, 6.07) is 8.04. The molecule has 1 aromatic carbocycles. The fourth-order valence-electron chi connectivity index (χ4n) is 3.46. The topological polar surface area (TPSA) is 63.0 Å². The second-order valence-electron chi connectivity index (χ2n) is 7.79. The highest BCUT2D eigenvalue weighted by atomic mass is 19.1. The molecular formula is C22H27FN2O4. The standard InChI is InChI=1S/C22H27FN2O4/c1-15(2)10-24-11-18(29-14-17-6-4-5-7-20(17)23)12-25(13-21(24)26)22(27)19-8-9-28-16(19)3/h4-9,15,18H,10-14H2,1-3H3. The number of benzene rings is 1. The molecular weight excluding hydrogens is 375 g/mol. The van der Waals surface area contributed by atoms with Crippen LogP contribution in [0.5, 0.6) is 0 Å². The van der Waals surface area contributed by atoms with Crippen molar-refractivity contribution in [3.63, 3.8) is 0 Å². The van der Waals surface area contributed by atoms with E-state index in [9.17, 15) is 14.0 Å². The van der Waals surface area contributed by atoms with E-state index in [0.29, 0.717) is 30.0 Å². The summed E-state index contributed by atoms with van der Waals surface area (Å²) in [5, 5.41) is 0. The van der Waals surface area contributed by atoms with Crippen molar-refractivity contribution < 1.29 is 23.1 Å². The lowest BCUT2D eigenvalue weighted by molar-refractivity contribution is -0.132. The van der Waals surface area contributed by atoms with Crippen LogP contribution in [0.2, 0.25) is 0 Å². The largest absolute Gasteiger partial charge is 0.469 e. The highest BCUT2D eigenvalue weighted by molar-refractivity contribution is 5.97. The van der Waals surface area contributed by atoms with Gasteiger partial charge in [-0.25, -0.2) is 4.39 Å². The molecule has 0 saturated carbocycles. The van der Waals surface area contributed by atoms with Crippen LogP contribution in [-0.2, 0) is 16.1 Å². The number of carbonyl (C=O) groups is 2. The number of ether oxygens (including phenoxy) is 1. The lowest BCUT2D eigenvalue weighted by Gasteiger charge is -2.26. The third-order valence-corrected chi connectivity index (χ3v) is 4.92. The van der Waals surface area contributed by atoms with Crippen molar-refractivity contribution in [3.8, 4) is 0 Å². The zero-order valence-corrected chi connectivity index (χ0v) is 17.1. The predicted molar refractivity (Wildman–Crippen MR) is 106 cm³/mol. The maximum absolute atomic E-state index is 14.0. The minimum atomic E-state index is -0.420. The maximum Gasteiger partial charge on any atom is 0.257 e. The molecule has 1 unspecified atom stereocenters. The Morgan fingerprint density at radius 2 is 2.03 bits per heavy atom. The van der Waals surface area contributed by atoms with Crippen LogP contribution < -0.4 is 0 Å². The van der Waals surface area contributed by atoms with Gasteiger partial charge in [-0.1, -0.05) is 32.0 Å². The summed E-state index contributed by atoms with van der Waals surface area (Å²) in [7, 11) is 0. The summed E-state index contributed by atoms with van der Waals surface area (Å²) in [5.74, 6) is 0.0676. The Balaban J connectivity index is 1.78. The summed E-state index contributed by atoms with van der Waals surface area (Å²) >= 11 is 0. The molecule has 0 spiro atoms. The normalized spacial score (nSPS) is 17.7. The first-order valence-electron chi connectivity index (χ1n) is 9.81. The summed E-state index contributed by atoms with van der Waals surface area (Å²) < 4.78 is 25.2. The van der Waals surface area contributed by atoms with Crippen LogP contribution in [-0.4, -0.2) is 53.9 Å². The van der Waals surface area contributed by atoms with E-state index in [1.807, 2.05) is 13.8 Å². The van der Waals surface area contributed by atoms with Crippen molar-refractivity contribution in [2.45, 2.75) is 33.5 Å². The molecule has 156 valence electrons. The Morgan fingerprint density at radius 1 is 1.28 bits per heavy atom. The molecule has 0 radical (unpaired) electrons. The molecule has 0 bridgehead atoms. The lowest BCUT2D eigenvalue weighted by Crippen LogP contribution is -2.40. The minimum absolute atomic E-state index is 0.0181. The number of hydrogen-bond acceptors (Lipinski definition) is 4. The average Bonchev–Trinajstić information content (AvgIpc) is 3.03. The van der Waals surface area contributed by atoms with Gasteiger partial charge in [0.25, 0.3) is 5.91 Å². The Bertz CT molecular complexity index is 864. The molecule has 7 heteroatoms. The van der Waals surface area contributed by atoms with E-state index in [0.717, 1.165) is 0 Å². The number of halogens is 1. The molecule has 0 aliphatic carbocycles. The van der Waals surface area contributed by atoms with Crippen molar-refractivity contribution in [2.75, 3.05) is 26.2 Å². The van der Waals surface area contributed by atoms with Gasteiger partial charge in [-0.2, -0.15) is 0 Å². The zero-order chi connectivity index (χ0) is 21.0. The molecule has 1 atom stereocenters. The molecule has 2 amide bonds. The van der Waals surface area contributed by atoms with Gasteiger partial charge in [-0.3, -0.25) is 9.59 Å². The summed E-state index contributed by atoms with van der Waals surface area (Å²) in [6.07, 6.45) is 1.04. The van der Waals surface area contributed by atoms with Crippen LogP contribution in [0.1, 0.15) is 35.5 Å². The number of amides is 2. The highest BCUT2D eigenvalue weighted by Gasteiger charge is 2.32. The average molecular weight is 402 g/mol. The van der Waals surface area contributed by atoms with Gasteiger partial charge in [-0.05, 0) is 25.0 Å². The van der Waals surface area contributed by atoms with Crippen molar-refractivity contribution in [1.29, 1.82) is 0 Å². The van der Waals surface area contributed by atoms with Gasteiger partial charge in [0, 0.05) is 25.2 Å². The van der Waals surface area contributed by atoms with Gasteiger partial charge in [0.05, 0.1) is 24.5 Å². The SMILES string of the molecule is Cc1occc1C(=O)N1CC(=O)N(CC(C)C)CC(OCc2ccccc2F)C1. The van der Waals surface area contributed by atoms with Crippen molar-refractivity contribution in [1.82, 2.24) is 9.80 Å². The zero-order valence-electron chi connectivity index (χ0n) is 17.1. The Morgan fingerprint density at radius 3 is 2.69 bits per heavy atom. The number of nitrogens with zero attached hydrogens (tertiary/aromatic N) is 2. The fourth-order valence-corrected chi connectivity index (χ4v) is 3.46. The third kappa shape index (κ3) is 5.23. The Labute approximate surface area is 170 Å². The third-order valence-electron chi connectivity index (χ3n) is 4.92. The highest BCUT2D eigenvalue weighted by Crippen LogP contribution is 2.18. The first kappa shape index (κ1) is 21.0. The minimum Gasteiger partial charge on any atom is -0.469 e. The van der Waals surface area contributed by atoms with Crippen LogP contribution in [0.15, 0.2) is 41.0 Å². The molecule has 1 aliphatic rings. The molecule has 3 rings (SSSR count). The predicted octanol–water partition coefficient (Wildman–Crippen LogP) is 3.25. The molecule has 1 aliphatic heterocycles. The molecule has 1 saturated heterocycles. The van der Waals surface area contributed by atoms with E-state index < -0.39 is 6.10 Å². The maximum atomic E-state index is 14.0. The van der Waals surface area contributed by atoms with Crippen LogP contribution in [0.25, 0.3) is 0 Å². The van der Waals surface area contributed by atoms with Gasteiger partial charge in [0.2, 0.25) is 5.91 Å². The molecule has 2 aromatic rings. The number of furan rings is 1.